The lowest BCUT2D eigenvalue weighted by atomic mass is 9.88. The lowest BCUT2D eigenvalue weighted by Crippen LogP contribution is -2.38. The molecule has 3 unspecified atom stereocenters. The van der Waals surface area contributed by atoms with Crippen molar-refractivity contribution in [1.82, 2.24) is 10.6 Å². The Balaban J connectivity index is 2.01. The molecular formula is C19H32N2. The standard InChI is InChI=1S/C19H32N2/c1-4-16(5-2)19(17-10-7-6-8-11-17)21-15(3)14-18-12-9-13-20-18/h6-8,10-11,15-16,18-21H,4-5,9,12-14H2,1-3H3. The van der Waals surface area contributed by atoms with Crippen LogP contribution in [0.4, 0.5) is 0 Å². The van der Waals surface area contributed by atoms with E-state index in [-0.39, 0.29) is 0 Å². The van der Waals surface area contributed by atoms with Gasteiger partial charge in [-0.1, -0.05) is 57.0 Å². The van der Waals surface area contributed by atoms with Crippen LogP contribution < -0.4 is 10.6 Å². The molecule has 0 radical (unpaired) electrons. The van der Waals surface area contributed by atoms with Crippen molar-refractivity contribution >= 4 is 0 Å². The molecule has 118 valence electrons. The zero-order chi connectivity index (χ0) is 15.1. The molecule has 1 fully saturated rings. The maximum atomic E-state index is 3.92. The number of hydrogen-bond donors (Lipinski definition) is 2. The van der Waals surface area contributed by atoms with Crippen LogP contribution in [0.25, 0.3) is 0 Å². The highest BCUT2D eigenvalue weighted by Crippen LogP contribution is 2.28. The second-order valence-corrected chi connectivity index (χ2v) is 6.56. The summed E-state index contributed by atoms with van der Waals surface area (Å²) in [6.45, 7) is 8.17. The summed E-state index contributed by atoms with van der Waals surface area (Å²) < 4.78 is 0. The molecule has 0 amide bonds. The minimum absolute atomic E-state index is 0.484. The average Bonchev–Trinajstić information content (AvgIpc) is 3.01. The van der Waals surface area contributed by atoms with Gasteiger partial charge in [-0.05, 0) is 44.2 Å². The fourth-order valence-electron chi connectivity index (χ4n) is 3.68. The molecule has 2 heteroatoms. The van der Waals surface area contributed by atoms with E-state index in [4.69, 9.17) is 0 Å². The van der Waals surface area contributed by atoms with E-state index in [1.54, 1.807) is 0 Å². The van der Waals surface area contributed by atoms with Crippen LogP contribution in [0.3, 0.4) is 0 Å². The molecule has 1 saturated heterocycles. The lowest BCUT2D eigenvalue weighted by Gasteiger charge is -2.31. The molecular weight excluding hydrogens is 256 g/mol. The normalized spacial score (nSPS) is 21.6. The molecule has 0 saturated carbocycles. The summed E-state index contributed by atoms with van der Waals surface area (Å²) >= 11 is 0. The van der Waals surface area contributed by atoms with Crippen LogP contribution in [-0.2, 0) is 0 Å². The van der Waals surface area contributed by atoms with Crippen LogP contribution in [0.15, 0.2) is 30.3 Å². The first-order valence-corrected chi connectivity index (χ1v) is 8.79. The first-order chi connectivity index (χ1) is 10.2. The molecule has 1 aliphatic rings. The van der Waals surface area contributed by atoms with Crippen LogP contribution in [-0.4, -0.2) is 18.6 Å². The Bertz CT molecular complexity index is 380. The highest BCUT2D eigenvalue weighted by molar-refractivity contribution is 5.20. The fraction of sp³-hybridized carbons (Fsp3) is 0.684. The van der Waals surface area contributed by atoms with Crippen molar-refractivity contribution in [3.8, 4) is 0 Å². The first-order valence-electron chi connectivity index (χ1n) is 8.79. The van der Waals surface area contributed by atoms with Crippen molar-refractivity contribution in [2.45, 2.75) is 71.0 Å². The third kappa shape index (κ3) is 4.82. The minimum atomic E-state index is 0.484. The van der Waals surface area contributed by atoms with Crippen LogP contribution >= 0.6 is 0 Å². The highest BCUT2D eigenvalue weighted by Gasteiger charge is 2.24. The maximum Gasteiger partial charge on any atom is 0.0350 e. The highest BCUT2D eigenvalue weighted by atomic mass is 15.0. The summed E-state index contributed by atoms with van der Waals surface area (Å²) in [5.41, 5.74) is 1.44. The molecule has 1 aromatic carbocycles. The van der Waals surface area contributed by atoms with Crippen molar-refractivity contribution < 1.29 is 0 Å². The Morgan fingerprint density at radius 2 is 1.90 bits per heavy atom. The largest absolute Gasteiger partial charge is 0.314 e. The van der Waals surface area contributed by atoms with Crippen molar-refractivity contribution in [2.75, 3.05) is 6.54 Å². The van der Waals surface area contributed by atoms with Gasteiger partial charge in [-0.2, -0.15) is 0 Å². The topological polar surface area (TPSA) is 24.1 Å². The molecule has 0 aliphatic carbocycles. The van der Waals surface area contributed by atoms with Crippen LogP contribution in [0.1, 0.15) is 64.5 Å². The van der Waals surface area contributed by atoms with E-state index in [0.29, 0.717) is 24.0 Å². The van der Waals surface area contributed by atoms with Gasteiger partial charge in [0, 0.05) is 18.1 Å². The second kappa shape index (κ2) is 8.55. The van der Waals surface area contributed by atoms with Crippen molar-refractivity contribution in [3.05, 3.63) is 35.9 Å². The molecule has 0 spiro atoms. The average molecular weight is 288 g/mol. The van der Waals surface area contributed by atoms with Crippen molar-refractivity contribution in [1.29, 1.82) is 0 Å². The zero-order valence-corrected chi connectivity index (χ0v) is 13.9. The van der Waals surface area contributed by atoms with Crippen LogP contribution in [0, 0.1) is 5.92 Å². The SMILES string of the molecule is CCC(CC)C(NC(C)CC1CCCN1)c1ccccc1. The molecule has 3 atom stereocenters. The summed E-state index contributed by atoms with van der Waals surface area (Å²) in [6, 6.07) is 12.7. The third-order valence-corrected chi connectivity index (χ3v) is 4.94. The molecule has 21 heavy (non-hydrogen) atoms. The van der Waals surface area contributed by atoms with Gasteiger partial charge in [-0.25, -0.2) is 0 Å². The molecule has 0 aromatic heterocycles. The predicted molar refractivity (Wildman–Crippen MR) is 91.5 cm³/mol. The van der Waals surface area contributed by atoms with Crippen molar-refractivity contribution in [2.24, 2.45) is 5.92 Å². The summed E-state index contributed by atoms with van der Waals surface area (Å²) in [5, 5.41) is 7.54. The molecule has 1 aromatic rings. The second-order valence-electron chi connectivity index (χ2n) is 6.56. The molecule has 1 heterocycles. The Hall–Kier alpha value is -0.860. The van der Waals surface area contributed by atoms with Gasteiger partial charge in [0.15, 0.2) is 0 Å². The number of nitrogens with one attached hydrogen (secondary N) is 2. The Kier molecular flexibility index (Phi) is 6.72. The Labute approximate surface area is 130 Å². The predicted octanol–water partition coefficient (Wildman–Crippen LogP) is 4.28. The van der Waals surface area contributed by atoms with E-state index in [1.807, 2.05) is 0 Å². The quantitative estimate of drug-likeness (QED) is 0.746. The first kappa shape index (κ1) is 16.5. The third-order valence-electron chi connectivity index (χ3n) is 4.94. The zero-order valence-electron chi connectivity index (χ0n) is 13.9. The van der Waals surface area contributed by atoms with Gasteiger partial charge in [0.05, 0.1) is 0 Å². The Morgan fingerprint density at radius 3 is 2.48 bits per heavy atom. The van der Waals surface area contributed by atoms with Crippen LogP contribution in [0.5, 0.6) is 0 Å². The van der Waals surface area contributed by atoms with Gasteiger partial charge >= 0.3 is 0 Å². The van der Waals surface area contributed by atoms with E-state index < -0.39 is 0 Å². The van der Waals surface area contributed by atoms with E-state index in [2.05, 4.69) is 61.7 Å². The van der Waals surface area contributed by atoms with Gasteiger partial charge in [0.1, 0.15) is 0 Å². The monoisotopic (exact) mass is 288 g/mol. The van der Waals surface area contributed by atoms with E-state index in [9.17, 15) is 0 Å². The fourth-order valence-corrected chi connectivity index (χ4v) is 3.68. The summed E-state index contributed by atoms with van der Waals surface area (Å²) in [6.07, 6.45) is 6.39. The lowest BCUT2D eigenvalue weighted by molar-refractivity contribution is 0.298. The number of benzene rings is 1. The molecule has 2 N–H and O–H groups in total. The summed E-state index contributed by atoms with van der Waals surface area (Å²) in [5.74, 6) is 0.714. The van der Waals surface area contributed by atoms with Crippen molar-refractivity contribution in [3.63, 3.8) is 0 Å². The summed E-state index contributed by atoms with van der Waals surface area (Å²) in [4.78, 5) is 0. The molecule has 0 bridgehead atoms. The Morgan fingerprint density at radius 1 is 1.19 bits per heavy atom. The van der Waals surface area contributed by atoms with E-state index >= 15 is 0 Å². The van der Waals surface area contributed by atoms with E-state index in [0.717, 1.165) is 0 Å². The van der Waals surface area contributed by atoms with Gasteiger partial charge in [0.2, 0.25) is 0 Å². The van der Waals surface area contributed by atoms with Gasteiger partial charge in [-0.3, -0.25) is 0 Å². The van der Waals surface area contributed by atoms with E-state index in [1.165, 1.54) is 44.2 Å². The van der Waals surface area contributed by atoms with Gasteiger partial charge < -0.3 is 10.6 Å². The molecule has 2 rings (SSSR count). The number of hydrogen-bond acceptors (Lipinski definition) is 2. The minimum Gasteiger partial charge on any atom is -0.314 e. The maximum absolute atomic E-state index is 3.92. The smallest absolute Gasteiger partial charge is 0.0350 e. The molecule has 2 nitrogen and oxygen atoms in total. The summed E-state index contributed by atoms with van der Waals surface area (Å²) in [7, 11) is 0. The van der Waals surface area contributed by atoms with Gasteiger partial charge in [0.25, 0.3) is 0 Å². The van der Waals surface area contributed by atoms with Crippen LogP contribution in [0.2, 0.25) is 0 Å². The molecule has 1 aliphatic heterocycles. The van der Waals surface area contributed by atoms with Gasteiger partial charge in [-0.15, -0.1) is 0 Å². The number of rotatable bonds is 8.